The van der Waals surface area contributed by atoms with Crippen LogP contribution in [0.15, 0.2) is 48.5 Å². The van der Waals surface area contributed by atoms with Gasteiger partial charge in [-0.05, 0) is 61.4 Å². The fourth-order valence-corrected chi connectivity index (χ4v) is 3.39. The predicted octanol–water partition coefficient (Wildman–Crippen LogP) is 3.22. The molecule has 1 heterocycles. The zero-order valence-corrected chi connectivity index (χ0v) is 16.0. The molecule has 3 rings (SSSR count). The quantitative estimate of drug-likeness (QED) is 0.587. The third kappa shape index (κ3) is 4.22. The molecule has 0 bridgehead atoms. The summed E-state index contributed by atoms with van der Waals surface area (Å²) >= 11 is 0. The Morgan fingerprint density at radius 2 is 1.36 bits per heavy atom. The summed E-state index contributed by atoms with van der Waals surface area (Å²) in [6.07, 6.45) is 1.27. The molecule has 0 spiro atoms. The standard InChI is InChI=1S/C22H23NO5/c1-27-19-9-7-15(8-10-19)20(24)16-11-13-23(14-12-16)21(25)17-3-5-18(6-4-17)22(26)28-2/h3-10,16H,11-14H2,1-2H3. The van der Waals surface area contributed by atoms with Gasteiger partial charge in [-0.2, -0.15) is 0 Å². The second-order valence-electron chi connectivity index (χ2n) is 6.73. The highest BCUT2D eigenvalue weighted by Crippen LogP contribution is 2.24. The lowest BCUT2D eigenvalue weighted by Crippen LogP contribution is -2.40. The first-order valence-corrected chi connectivity index (χ1v) is 9.19. The summed E-state index contributed by atoms with van der Waals surface area (Å²) in [7, 11) is 2.91. The van der Waals surface area contributed by atoms with E-state index in [0.717, 1.165) is 5.75 Å². The predicted molar refractivity (Wildman–Crippen MR) is 104 cm³/mol. The van der Waals surface area contributed by atoms with Crippen molar-refractivity contribution in [1.82, 2.24) is 4.90 Å². The number of benzene rings is 2. The molecule has 1 amide bonds. The number of methoxy groups -OCH3 is 2. The number of hydrogen-bond acceptors (Lipinski definition) is 5. The van der Waals surface area contributed by atoms with Crippen molar-refractivity contribution < 1.29 is 23.9 Å². The molecule has 2 aromatic carbocycles. The maximum Gasteiger partial charge on any atom is 0.337 e. The van der Waals surface area contributed by atoms with Gasteiger partial charge in [0.05, 0.1) is 19.8 Å². The number of ketones is 1. The number of piperidine rings is 1. The first kappa shape index (κ1) is 19.6. The maximum atomic E-state index is 12.7. The van der Waals surface area contributed by atoms with Crippen molar-refractivity contribution in [3.8, 4) is 5.75 Å². The van der Waals surface area contributed by atoms with Gasteiger partial charge in [-0.1, -0.05) is 0 Å². The van der Waals surface area contributed by atoms with Crippen molar-refractivity contribution in [1.29, 1.82) is 0 Å². The van der Waals surface area contributed by atoms with Gasteiger partial charge in [0.25, 0.3) is 5.91 Å². The number of likely N-dealkylation sites (tertiary alicyclic amines) is 1. The zero-order valence-electron chi connectivity index (χ0n) is 16.0. The van der Waals surface area contributed by atoms with Crippen molar-refractivity contribution in [2.45, 2.75) is 12.8 Å². The molecule has 28 heavy (non-hydrogen) atoms. The fourth-order valence-electron chi connectivity index (χ4n) is 3.39. The Morgan fingerprint density at radius 3 is 1.89 bits per heavy atom. The molecule has 0 unspecified atom stereocenters. The number of amides is 1. The molecule has 0 saturated carbocycles. The number of rotatable bonds is 5. The van der Waals surface area contributed by atoms with E-state index in [1.165, 1.54) is 7.11 Å². The second-order valence-corrected chi connectivity index (χ2v) is 6.73. The Bertz CT molecular complexity index is 850. The molecular formula is C22H23NO5. The van der Waals surface area contributed by atoms with E-state index in [1.54, 1.807) is 60.5 Å². The average molecular weight is 381 g/mol. The third-order valence-electron chi connectivity index (χ3n) is 5.08. The summed E-state index contributed by atoms with van der Waals surface area (Å²) in [5, 5.41) is 0. The number of nitrogens with zero attached hydrogens (tertiary/aromatic N) is 1. The van der Waals surface area contributed by atoms with E-state index in [1.807, 2.05) is 0 Å². The topological polar surface area (TPSA) is 72.9 Å². The van der Waals surface area contributed by atoms with Crippen LogP contribution in [0.2, 0.25) is 0 Å². The Balaban J connectivity index is 1.59. The van der Waals surface area contributed by atoms with Crippen LogP contribution < -0.4 is 4.74 Å². The third-order valence-corrected chi connectivity index (χ3v) is 5.08. The number of esters is 1. The molecule has 0 N–H and O–H groups in total. The SMILES string of the molecule is COC(=O)c1ccc(C(=O)N2CCC(C(=O)c3ccc(OC)cc3)CC2)cc1. The van der Waals surface area contributed by atoms with Gasteiger partial charge in [-0.25, -0.2) is 4.79 Å². The van der Waals surface area contributed by atoms with Crippen LogP contribution in [0.4, 0.5) is 0 Å². The van der Waals surface area contributed by atoms with Crippen molar-refractivity contribution in [2.75, 3.05) is 27.3 Å². The van der Waals surface area contributed by atoms with Crippen molar-refractivity contribution in [3.63, 3.8) is 0 Å². The van der Waals surface area contributed by atoms with E-state index in [0.29, 0.717) is 42.6 Å². The number of hydrogen-bond donors (Lipinski definition) is 0. The number of carbonyl (C=O) groups is 3. The van der Waals surface area contributed by atoms with Gasteiger partial charge in [0.15, 0.2) is 5.78 Å². The van der Waals surface area contributed by atoms with Gasteiger partial charge in [0.2, 0.25) is 0 Å². The molecule has 1 aliphatic heterocycles. The van der Waals surface area contributed by atoms with E-state index in [9.17, 15) is 14.4 Å². The van der Waals surface area contributed by atoms with Gasteiger partial charge in [-0.3, -0.25) is 9.59 Å². The van der Waals surface area contributed by atoms with E-state index in [2.05, 4.69) is 4.74 Å². The van der Waals surface area contributed by atoms with E-state index < -0.39 is 5.97 Å². The molecule has 1 saturated heterocycles. The Morgan fingerprint density at radius 1 is 0.821 bits per heavy atom. The molecule has 1 aliphatic rings. The summed E-state index contributed by atoms with van der Waals surface area (Å²) in [4.78, 5) is 38.6. The first-order chi connectivity index (χ1) is 13.5. The van der Waals surface area contributed by atoms with Crippen molar-refractivity contribution >= 4 is 17.7 Å². The Hall–Kier alpha value is -3.15. The van der Waals surface area contributed by atoms with E-state index in [-0.39, 0.29) is 17.6 Å². The lowest BCUT2D eigenvalue weighted by molar-refractivity contribution is 0.0599. The van der Waals surface area contributed by atoms with Crippen LogP contribution in [0.3, 0.4) is 0 Å². The maximum absolute atomic E-state index is 12.7. The largest absolute Gasteiger partial charge is 0.497 e. The minimum atomic E-state index is -0.433. The lowest BCUT2D eigenvalue weighted by Gasteiger charge is -2.31. The van der Waals surface area contributed by atoms with Crippen LogP contribution in [0.25, 0.3) is 0 Å². The highest BCUT2D eigenvalue weighted by molar-refractivity contribution is 5.99. The minimum absolute atomic E-state index is 0.0841. The highest BCUT2D eigenvalue weighted by atomic mass is 16.5. The van der Waals surface area contributed by atoms with E-state index >= 15 is 0 Å². The molecule has 0 aliphatic carbocycles. The molecule has 6 nitrogen and oxygen atoms in total. The van der Waals surface area contributed by atoms with Gasteiger partial charge in [0, 0.05) is 30.1 Å². The van der Waals surface area contributed by atoms with E-state index in [4.69, 9.17) is 4.74 Å². The average Bonchev–Trinajstić information content (AvgIpc) is 2.78. The van der Waals surface area contributed by atoms with Gasteiger partial charge in [0.1, 0.15) is 5.75 Å². The zero-order chi connectivity index (χ0) is 20.1. The molecular weight excluding hydrogens is 358 g/mol. The Kier molecular flexibility index (Phi) is 6.09. The number of ether oxygens (including phenoxy) is 2. The van der Waals surface area contributed by atoms with Crippen molar-refractivity contribution in [2.24, 2.45) is 5.92 Å². The van der Waals surface area contributed by atoms with Crippen LogP contribution in [-0.4, -0.2) is 49.9 Å². The molecule has 0 aromatic heterocycles. The molecule has 6 heteroatoms. The molecule has 146 valence electrons. The second kappa shape index (κ2) is 8.69. The van der Waals surface area contributed by atoms with Crippen LogP contribution in [0.5, 0.6) is 5.75 Å². The molecule has 1 fully saturated rings. The van der Waals surface area contributed by atoms with Crippen LogP contribution in [0.1, 0.15) is 43.9 Å². The molecule has 0 atom stereocenters. The van der Waals surface area contributed by atoms with Crippen LogP contribution >= 0.6 is 0 Å². The lowest BCUT2D eigenvalue weighted by atomic mass is 9.88. The monoisotopic (exact) mass is 381 g/mol. The summed E-state index contributed by atoms with van der Waals surface area (Å²) in [5.74, 6) is 0.218. The minimum Gasteiger partial charge on any atom is -0.497 e. The Labute approximate surface area is 164 Å². The van der Waals surface area contributed by atoms with Crippen molar-refractivity contribution in [3.05, 3.63) is 65.2 Å². The summed E-state index contributed by atoms with van der Waals surface area (Å²) < 4.78 is 9.79. The van der Waals surface area contributed by atoms with Gasteiger partial charge < -0.3 is 14.4 Å². The smallest absolute Gasteiger partial charge is 0.337 e. The summed E-state index contributed by atoms with van der Waals surface area (Å²) in [6, 6.07) is 13.5. The molecule has 2 aromatic rings. The summed E-state index contributed by atoms with van der Waals surface area (Å²) in [5.41, 5.74) is 1.60. The summed E-state index contributed by atoms with van der Waals surface area (Å²) in [6.45, 7) is 1.06. The van der Waals surface area contributed by atoms with Gasteiger partial charge in [-0.15, -0.1) is 0 Å². The highest BCUT2D eigenvalue weighted by Gasteiger charge is 2.28. The molecule has 0 radical (unpaired) electrons. The number of carbonyl (C=O) groups excluding carboxylic acids is 3. The van der Waals surface area contributed by atoms with Gasteiger partial charge >= 0.3 is 5.97 Å². The fraction of sp³-hybridized carbons (Fsp3) is 0.318. The van der Waals surface area contributed by atoms with Crippen LogP contribution in [-0.2, 0) is 4.74 Å². The normalized spacial score (nSPS) is 14.4. The first-order valence-electron chi connectivity index (χ1n) is 9.19. The van der Waals surface area contributed by atoms with Crippen LogP contribution in [0, 0.1) is 5.92 Å². The number of Topliss-reactive ketones (excluding diaryl/α,β-unsaturated/α-hetero) is 1.